The van der Waals surface area contributed by atoms with E-state index in [1.165, 1.54) is 0 Å². The minimum absolute atomic E-state index is 0.0683. The Morgan fingerprint density at radius 2 is 2.17 bits per heavy atom. The summed E-state index contributed by atoms with van der Waals surface area (Å²) >= 11 is 0. The third-order valence-corrected chi connectivity index (χ3v) is 2.42. The molecule has 0 bridgehead atoms. The summed E-state index contributed by atoms with van der Waals surface area (Å²) in [4.78, 5) is 0. The minimum Gasteiger partial charge on any atom is -0.207 e. The first kappa shape index (κ1) is 9.50. The highest BCUT2D eigenvalue weighted by Crippen LogP contribution is 2.32. The molecule has 0 aromatic carbocycles. The summed E-state index contributed by atoms with van der Waals surface area (Å²) in [5.74, 6) is 0.394. The lowest BCUT2D eigenvalue weighted by Crippen LogP contribution is -2.02. The normalized spacial score (nSPS) is 18.6. The fourth-order valence-corrected chi connectivity index (χ4v) is 1.63. The van der Waals surface area contributed by atoms with E-state index in [-0.39, 0.29) is 5.83 Å². The van der Waals surface area contributed by atoms with E-state index in [0.29, 0.717) is 5.92 Å². The van der Waals surface area contributed by atoms with Crippen LogP contribution in [0.5, 0.6) is 0 Å². The zero-order chi connectivity index (χ0) is 9.14. The van der Waals surface area contributed by atoms with Gasteiger partial charge in [-0.1, -0.05) is 26.8 Å². The van der Waals surface area contributed by atoms with E-state index >= 15 is 0 Å². The molecule has 0 atom stereocenters. The van der Waals surface area contributed by atoms with Gasteiger partial charge in [-0.3, -0.25) is 0 Å². The molecular formula is C11H17F. The maximum atomic E-state index is 13.6. The van der Waals surface area contributed by atoms with Gasteiger partial charge in [-0.2, -0.15) is 0 Å². The molecule has 1 heteroatoms. The molecule has 0 nitrogen and oxygen atoms in total. The minimum atomic E-state index is 0.0683. The smallest absolute Gasteiger partial charge is 0.125 e. The van der Waals surface area contributed by atoms with Crippen LogP contribution in [0.25, 0.3) is 0 Å². The summed E-state index contributed by atoms with van der Waals surface area (Å²) in [7, 11) is 0. The second-order valence-electron chi connectivity index (χ2n) is 3.62. The molecule has 1 aliphatic carbocycles. The Morgan fingerprint density at radius 1 is 1.50 bits per heavy atom. The largest absolute Gasteiger partial charge is 0.207 e. The second-order valence-corrected chi connectivity index (χ2v) is 3.62. The fourth-order valence-electron chi connectivity index (χ4n) is 1.63. The van der Waals surface area contributed by atoms with Crippen molar-refractivity contribution in [2.75, 3.05) is 0 Å². The van der Waals surface area contributed by atoms with Gasteiger partial charge >= 0.3 is 0 Å². The van der Waals surface area contributed by atoms with E-state index in [4.69, 9.17) is 0 Å². The third-order valence-electron chi connectivity index (χ3n) is 2.42. The lowest BCUT2D eigenvalue weighted by molar-refractivity contribution is 0.571. The number of hydrogen-bond donors (Lipinski definition) is 0. The van der Waals surface area contributed by atoms with Crippen LogP contribution in [0.1, 0.15) is 40.0 Å². The molecule has 1 rings (SSSR count). The molecule has 0 aromatic heterocycles. The van der Waals surface area contributed by atoms with Gasteiger partial charge in [-0.25, -0.2) is 4.39 Å². The van der Waals surface area contributed by atoms with Crippen molar-refractivity contribution in [2.24, 2.45) is 5.92 Å². The van der Waals surface area contributed by atoms with Gasteiger partial charge in [0.05, 0.1) is 0 Å². The summed E-state index contributed by atoms with van der Waals surface area (Å²) in [6.45, 7) is 6.12. The highest BCUT2D eigenvalue weighted by atomic mass is 19.1. The molecule has 0 fully saturated rings. The van der Waals surface area contributed by atoms with Crippen LogP contribution in [0.3, 0.4) is 0 Å². The van der Waals surface area contributed by atoms with Gasteiger partial charge in [0.1, 0.15) is 5.83 Å². The van der Waals surface area contributed by atoms with E-state index in [0.717, 1.165) is 30.4 Å². The average molecular weight is 168 g/mol. The van der Waals surface area contributed by atoms with Crippen molar-refractivity contribution in [2.45, 2.75) is 40.0 Å². The highest BCUT2D eigenvalue weighted by Gasteiger charge is 2.16. The summed E-state index contributed by atoms with van der Waals surface area (Å²) < 4.78 is 13.6. The van der Waals surface area contributed by atoms with Gasteiger partial charge in [0.2, 0.25) is 0 Å². The first-order valence-electron chi connectivity index (χ1n) is 4.74. The summed E-state index contributed by atoms with van der Waals surface area (Å²) in [5.41, 5.74) is 1.92. The molecule has 0 aromatic rings. The number of halogens is 1. The van der Waals surface area contributed by atoms with Crippen molar-refractivity contribution in [3.05, 3.63) is 23.0 Å². The molecule has 0 saturated carbocycles. The Bertz CT molecular complexity index is 221. The van der Waals surface area contributed by atoms with Gasteiger partial charge < -0.3 is 0 Å². The molecule has 0 spiro atoms. The SMILES string of the molecule is CCC1=C(F)C(C(C)C)=CCC1. The lowest BCUT2D eigenvalue weighted by Gasteiger charge is -2.17. The molecule has 0 aliphatic heterocycles. The number of hydrogen-bond acceptors (Lipinski definition) is 0. The van der Waals surface area contributed by atoms with Crippen LogP contribution in [-0.4, -0.2) is 0 Å². The predicted octanol–water partition coefficient (Wildman–Crippen LogP) is 4.00. The van der Waals surface area contributed by atoms with Crippen LogP contribution in [0.4, 0.5) is 4.39 Å². The first-order chi connectivity index (χ1) is 5.66. The Morgan fingerprint density at radius 3 is 2.67 bits per heavy atom. The maximum Gasteiger partial charge on any atom is 0.125 e. The summed E-state index contributed by atoms with van der Waals surface area (Å²) in [5, 5.41) is 0. The quantitative estimate of drug-likeness (QED) is 0.584. The molecule has 0 amide bonds. The lowest BCUT2D eigenvalue weighted by atomic mass is 9.90. The molecule has 0 unspecified atom stereocenters. The van der Waals surface area contributed by atoms with Crippen molar-refractivity contribution in [1.82, 2.24) is 0 Å². The van der Waals surface area contributed by atoms with Gasteiger partial charge in [-0.15, -0.1) is 0 Å². The van der Waals surface area contributed by atoms with E-state index < -0.39 is 0 Å². The Hall–Kier alpha value is -0.590. The van der Waals surface area contributed by atoms with E-state index in [9.17, 15) is 4.39 Å². The summed E-state index contributed by atoms with van der Waals surface area (Å²) in [6.07, 6.45) is 4.83. The van der Waals surface area contributed by atoms with Crippen LogP contribution in [0.2, 0.25) is 0 Å². The average Bonchev–Trinajstić information content (AvgIpc) is 2.04. The first-order valence-corrected chi connectivity index (χ1v) is 4.74. The topological polar surface area (TPSA) is 0 Å². The molecule has 12 heavy (non-hydrogen) atoms. The molecular weight excluding hydrogens is 151 g/mol. The molecule has 0 heterocycles. The monoisotopic (exact) mass is 168 g/mol. The predicted molar refractivity (Wildman–Crippen MR) is 50.6 cm³/mol. The highest BCUT2D eigenvalue weighted by molar-refractivity contribution is 5.34. The van der Waals surface area contributed by atoms with Crippen molar-refractivity contribution in [3.63, 3.8) is 0 Å². The summed E-state index contributed by atoms with van der Waals surface area (Å²) in [6, 6.07) is 0. The van der Waals surface area contributed by atoms with E-state index in [2.05, 4.69) is 0 Å². The molecule has 0 saturated heterocycles. The van der Waals surface area contributed by atoms with Crippen LogP contribution >= 0.6 is 0 Å². The van der Waals surface area contributed by atoms with Gasteiger partial charge in [-0.05, 0) is 36.3 Å². The fraction of sp³-hybridized carbons (Fsp3) is 0.636. The Labute approximate surface area is 74.2 Å². The van der Waals surface area contributed by atoms with Crippen LogP contribution in [0, 0.1) is 5.92 Å². The molecule has 68 valence electrons. The van der Waals surface area contributed by atoms with E-state index in [1.54, 1.807) is 0 Å². The standard InChI is InChI=1S/C11H17F/c1-4-9-6-5-7-10(8(2)3)11(9)12/h7-8H,4-6H2,1-3H3. The molecule has 1 aliphatic rings. The van der Waals surface area contributed by atoms with Crippen molar-refractivity contribution < 1.29 is 4.39 Å². The van der Waals surface area contributed by atoms with Gasteiger partial charge in [0.15, 0.2) is 0 Å². The van der Waals surface area contributed by atoms with Crippen LogP contribution < -0.4 is 0 Å². The maximum absolute atomic E-state index is 13.6. The van der Waals surface area contributed by atoms with Crippen molar-refractivity contribution in [1.29, 1.82) is 0 Å². The molecule has 0 radical (unpaired) electrons. The second kappa shape index (κ2) is 3.88. The Balaban J connectivity index is 2.89. The van der Waals surface area contributed by atoms with Gasteiger partial charge in [0, 0.05) is 0 Å². The van der Waals surface area contributed by atoms with Crippen molar-refractivity contribution >= 4 is 0 Å². The van der Waals surface area contributed by atoms with Gasteiger partial charge in [0.25, 0.3) is 0 Å². The number of rotatable bonds is 2. The van der Waals surface area contributed by atoms with Crippen LogP contribution in [-0.2, 0) is 0 Å². The Kier molecular flexibility index (Phi) is 3.07. The zero-order valence-corrected chi connectivity index (χ0v) is 8.15. The third kappa shape index (κ3) is 1.77. The number of allylic oxidation sites excluding steroid dienone is 4. The van der Waals surface area contributed by atoms with Crippen LogP contribution in [0.15, 0.2) is 23.0 Å². The van der Waals surface area contributed by atoms with E-state index in [1.807, 2.05) is 26.8 Å². The van der Waals surface area contributed by atoms with Crippen molar-refractivity contribution in [3.8, 4) is 0 Å². The zero-order valence-electron chi connectivity index (χ0n) is 8.15. The molecule has 0 N–H and O–H groups in total.